The lowest BCUT2D eigenvalue weighted by molar-refractivity contribution is 0.0444. The number of hydrogen-bond acceptors (Lipinski definition) is 5. The van der Waals surface area contributed by atoms with Gasteiger partial charge < -0.3 is 13.7 Å². The number of hydrogen-bond donors (Lipinski definition) is 0. The molecule has 26 heavy (non-hydrogen) atoms. The molecule has 0 radical (unpaired) electrons. The SMILES string of the molecule is Cc1ccc2oc(C(=O)OCC(=O)c3cc(C)n(C)c3C)cc(=O)c2c1. The second kappa shape index (κ2) is 6.63. The van der Waals surface area contributed by atoms with Gasteiger partial charge in [-0.1, -0.05) is 11.6 Å². The Morgan fingerprint density at radius 1 is 1.12 bits per heavy atom. The van der Waals surface area contributed by atoms with Gasteiger partial charge >= 0.3 is 5.97 Å². The maximum Gasteiger partial charge on any atom is 0.374 e. The maximum atomic E-state index is 12.3. The van der Waals surface area contributed by atoms with E-state index in [2.05, 4.69) is 0 Å². The van der Waals surface area contributed by atoms with Gasteiger partial charge in [-0.05, 0) is 39.0 Å². The van der Waals surface area contributed by atoms with Gasteiger partial charge in [-0.3, -0.25) is 9.59 Å². The number of esters is 1. The number of rotatable bonds is 4. The molecule has 6 nitrogen and oxygen atoms in total. The highest BCUT2D eigenvalue weighted by Crippen LogP contribution is 2.16. The van der Waals surface area contributed by atoms with Crippen molar-refractivity contribution in [2.75, 3.05) is 6.61 Å². The Bertz CT molecular complexity index is 1090. The molecule has 2 aromatic heterocycles. The summed E-state index contributed by atoms with van der Waals surface area (Å²) in [6.45, 7) is 5.16. The van der Waals surface area contributed by atoms with Crippen LogP contribution in [0.5, 0.6) is 0 Å². The molecule has 3 rings (SSSR count). The topological polar surface area (TPSA) is 78.5 Å². The molecule has 0 N–H and O–H groups in total. The van der Waals surface area contributed by atoms with E-state index in [9.17, 15) is 14.4 Å². The van der Waals surface area contributed by atoms with Crippen molar-refractivity contribution >= 4 is 22.7 Å². The molecule has 3 aromatic rings. The number of nitrogens with zero attached hydrogens (tertiary/aromatic N) is 1. The van der Waals surface area contributed by atoms with Crippen LogP contribution < -0.4 is 5.43 Å². The molecule has 6 heteroatoms. The van der Waals surface area contributed by atoms with Gasteiger partial charge in [0.2, 0.25) is 11.5 Å². The summed E-state index contributed by atoms with van der Waals surface area (Å²) in [5.41, 5.74) is 3.13. The standard InChI is InChI=1S/C20H19NO5/c1-11-5-6-18-15(7-11)16(22)9-19(26-18)20(24)25-10-17(23)14-8-12(2)21(4)13(14)3/h5-9H,10H2,1-4H3. The summed E-state index contributed by atoms with van der Waals surface area (Å²) in [6, 6.07) is 7.95. The van der Waals surface area contributed by atoms with Crippen LogP contribution >= 0.6 is 0 Å². The van der Waals surface area contributed by atoms with Gasteiger partial charge in [0.25, 0.3) is 0 Å². The Kier molecular flexibility index (Phi) is 4.50. The Hall–Kier alpha value is -3.15. The van der Waals surface area contributed by atoms with Crippen molar-refractivity contribution in [1.29, 1.82) is 0 Å². The second-order valence-electron chi connectivity index (χ2n) is 6.32. The molecule has 0 aliphatic rings. The minimum atomic E-state index is -0.844. The van der Waals surface area contributed by atoms with Gasteiger partial charge in [-0.2, -0.15) is 0 Å². The lowest BCUT2D eigenvalue weighted by Gasteiger charge is -2.05. The Balaban J connectivity index is 1.79. The van der Waals surface area contributed by atoms with Gasteiger partial charge in [0, 0.05) is 30.1 Å². The average molecular weight is 353 g/mol. The number of carbonyl (C=O) groups excluding carboxylic acids is 2. The molecule has 0 unspecified atom stereocenters. The molecular formula is C20H19NO5. The fourth-order valence-electron chi connectivity index (χ4n) is 2.79. The van der Waals surface area contributed by atoms with Gasteiger partial charge in [0.05, 0.1) is 5.39 Å². The first-order chi connectivity index (χ1) is 12.3. The van der Waals surface area contributed by atoms with E-state index in [1.807, 2.05) is 32.4 Å². The highest BCUT2D eigenvalue weighted by atomic mass is 16.5. The number of ketones is 1. The molecule has 134 valence electrons. The molecule has 1 aromatic carbocycles. The lowest BCUT2D eigenvalue weighted by Crippen LogP contribution is -2.16. The van der Waals surface area contributed by atoms with Crippen LogP contribution in [-0.2, 0) is 11.8 Å². The number of ether oxygens (including phenoxy) is 1. The lowest BCUT2D eigenvalue weighted by atomic mass is 10.1. The molecule has 0 aliphatic carbocycles. The number of aromatic nitrogens is 1. The zero-order valence-electron chi connectivity index (χ0n) is 15.1. The van der Waals surface area contributed by atoms with E-state index in [0.717, 1.165) is 23.0 Å². The number of fused-ring (bicyclic) bond motifs is 1. The highest BCUT2D eigenvalue weighted by molar-refractivity contribution is 6.00. The fourth-order valence-corrected chi connectivity index (χ4v) is 2.79. The number of benzene rings is 1. The molecule has 0 bridgehead atoms. The summed E-state index contributed by atoms with van der Waals surface area (Å²) < 4.78 is 12.4. The van der Waals surface area contributed by atoms with Crippen LogP contribution in [-0.4, -0.2) is 22.9 Å². The highest BCUT2D eigenvalue weighted by Gasteiger charge is 2.19. The van der Waals surface area contributed by atoms with E-state index in [4.69, 9.17) is 9.15 Å². The Morgan fingerprint density at radius 3 is 2.50 bits per heavy atom. The summed E-state index contributed by atoms with van der Waals surface area (Å²) in [4.78, 5) is 36.7. The van der Waals surface area contributed by atoms with Crippen molar-refractivity contribution in [2.24, 2.45) is 7.05 Å². The van der Waals surface area contributed by atoms with Crippen LogP contribution in [0.1, 0.15) is 37.9 Å². The van der Waals surface area contributed by atoms with E-state index in [1.165, 1.54) is 0 Å². The predicted octanol–water partition coefficient (Wildman–Crippen LogP) is 3.10. The van der Waals surface area contributed by atoms with Crippen molar-refractivity contribution in [2.45, 2.75) is 20.8 Å². The van der Waals surface area contributed by atoms with Gasteiger partial charge in [0.1, 0.15) is 5.58 Å². The second-order valence-corrected chi connectivity index (χ2v) is 6.32. The Morgan fingerprint density at radius 2 is 1.85 bits per heavy atom. The van der Waals surface area contributed by atoms with Crippen LogP contribution in [0.15, 0.2) is 39.5 Å². The van der Waals surface area contributed by atoms with Crippen LogP contribution in [0.2, 0.25) is 0 Å². The maximum absolute atomic E-state index is 12.3. The fraction of sp³-hybridized carbons (Fsp3) is 0.250. The van der Waals surface area contributed by atoms with E-state index in [1.54, 1.807) is 24.3 Å². The third-order valence-corrected chi connectivity index (χ3v) is 4.49. The van der Waals surface area contributed by atoms with E-state index < -0.39 is 12.6 Å². The van der Waals surface area contributed by atoms with Crippen molar-refractivity contribution in [1.82, 2.24) is 4.57 Å². The van der Waals surface area contributed by atoms with Crippen molar-refractivity contribution in [3.63, 3.8) is 0 Å². The van der Waals surface area contributed by atoms with Crippen LogP contribution in [0.3, 0.4) is 0 Å². The smallest absolute Gasteiger partial charge is 0.374 e. The zero-order valence-corrected chi connectivity index (χ0v) is 15.1. The number of Topliss-reactive ketones (excluding diaryl/α,β-unsaturated/α-hetero) is 1. The molecule has 0 atom stereocenters. The quantitative estimate of drug-likeness (QED) is 0.532. The molecule has 0 amide bonds. The van der Waals surface area contributed by atoms with Crippen LogP contribution in [0, 0.1) is 20.8 Å². The molecule has 0 aliphatic heterocycles. The van der Waals surface area contributed by atoms with Gasteiger partial charge in [-0.25, -0.2) is 4.79 Å². The summed E-state index contributed by atoms with van der Waals surface area (Å²) in [6.07, 6.45) is 0. The minimum absolute atomic E-state index is 0.222. The zero-order chi connectivity index (χ0) is 19.0. The molecule has 0 saturated carbocycles. The molecule has 0 fully saturated rings. The van der Waals surface area contributed by atoms with E-state index in [-0.39, 0.29) is 17.0 Å². The average Bonchev–Trinajstić information content (AvgIpc) is 2.87. The minimum Gasteiger partial charge on any atom is -0.451 e. The van der Waals surface area contributed by atoms with Gasteiger partial charge in [-0.15, -0.1) is 0 Å². The summed E-state index contributed by atoms with van der Waals surface area (Å²) in [5, 5.41) is 0.396. The van der Waals surface area contributed by atoms with Crippen LogP contribution in [0.25, 0.3) is 11.0 Å². The largest absolute Gasteiger partial charge is 0.451 e. The first kappa shape index (κ1) is 17.7. The third kappa shape index (κ3) is 3.18. The molecular weight excluding hydrogens is 334 g/mol. The van der Waals surface area contributed by atoms with Crippen molar-refractivity contribution in [3.05, 3.63) is 68.8 Å². The van der Waals surface area contributed by atoms with Crippen molar-refractivity contribution < 1.29 is 18.7 Å². The summed E-state index contributed by atoms with van der Waals surface area (Å²) in [7, 11) is 1.86. The number of carbonyl (C=O) groups is 2. The predicted molar refractivity (Wildman–Crippen MR) is 96.7 cm³/mol. The van der Waals surface area contributed by atoms with Crippen molar-refractivity contribution in [3.8, 4) is 0 Å². The summed E-state index contributed by atoms with van der Waals surface area (Å²) in [5.74, 6) is -1.37. The van der Waals surface area contributed by atoms with E-state index in [0.29, 0.717) is 16.5 Å². The molecule has 0 spiro atoms. The first-order valence-electron chi connectivity index (χ1n) is 8.15. The summed E-state index contributed by atoms with van der Waals surface area (Å²) >= 11 is 0. The van der Waals surface area contributed by atoms with Gasteiger partial charge in [0.15, 0.2) is 12.0 Å². The first-order valence-corrected chi connectivity index (χ1v) is 8.15. The normalized spacial score (nSPS) is 10.9. The number of aryl methyl sites for hydroxylation is 2. The third-order valence-electron chi connectivity index (χ3n) is 4.49. The molecule has 0 saturated heterocycles. The Labute approximate surface area is 150 Å². The monoisotopic (exact) mass is 353 g/mol. The molecule has 2 heterocycles. The van der Waals surface area contributed by atoms with Crippen LogP contribution in [0.4, 0.5) is 0 Å². The van der Waals surface area contributed by atoms with E-state index >= 15 is 0 Å².